The van der Waals surface area contributed by atoms with Crippen molar-refractivity contribution in [1.82, 2.24) is 5.32 Å². The maximum atomic E-state index is 12.2. The highest BCUT2D eigenvalue weighted by atomic mass is 79.9. The molecule has 1 rings (SSSR count). The Labute approximate surface area is 131 Å². The molecule has 0 heterocycles. The molecule has 122 valence electrons. The lowest BCUT2D eigenvalue weighted by Crippen LogP contribution is -2.46. The summed E-state index contributed by atoms with van der Waals surface area (Å²) in [4.78, 5) is 22.4. The summed E-state index contributed by atoms with van der Waals surface area (Å²) in [5.74, 6) is -3.03. The Bertz CT molecular complexity index is 589. The molecule has 0 aliphatic rings. The number of halogens is 4. The van der Waals surface area contributed by atoms with E-state index in [2.05, 4.69) is 26.0 Å². The van der Waals surface area contributed by atoms with E-state index in [4.69, 9.17) is 5.11 Å². The molecule has 1 amide bonds. The minimum Gasteiger partial charge on any atom is -0.479 e. The number of alkyl halides is 3. The van der Waals surface area contributed by atoms with Crippen molar-refractivity contribution in [2.75, 3.05) is 6.54 Å². The summed E-state index contributed by atoms with van der Waals surface area (Å²) >= 11 is 2.85. The number of rotatable bonds is 5. The van der Waals surface area contributed by atoms with Crippen LogP contribution in [0, 0.1) is 0 Å². The van der Waals surface area contributed by atoms with Crippen LogP contribution in [0.3, 0.4) is 0 Å². The summed E-state index contributed by atoms with van der Waals surface area (Å²) in [6, 6.07) is 3.21. The Balaban J connectivity index is 2.87. The SMILES string of the molecule is CC(O)(CNC(=O)c1ccc(Br)c(OC(F)(F)F)c1)C(=O)O. The maximum absolute atomic E-state index is 12.2. The molecule has 0 fully saturated rings. The fraction of sp³-hybridized carbons (Fsp3) is 0.333. The Morgan fingerprint density at radius 1 is 1.36 bits per heavy atom. The number of hydrogen-bond donors (Lipinski definition) is 3. The van der Waals surface area contributed by atoms with Gasteiger partial charge in [-0.15, -0.1) is 13.2 Å². The van der Waals surface area contributed by atoms with Crippen LogP contribution < -0.4 is 10.1 Å². The summed E-state index contributed by atoms with van der Waals surface area (Å²) in [5, 5.41) is 20.2. The summed E-state index contributed by atoms with van der Waals surface area (Å²) in [6.45, 7) is 0.349. The van der Waals surface area contributed by atoms with Crippen molar-refractivity contribution in [3.05, 3.63) is 28.2 Å². The van der Waals surface area contributed by atoms with Gasteiger partial charge in [0, 0.05) is 5.56 Å². The van der Waals surface area contributed by atoms with Gasteiger partial charge in [0.05, 0.1) is 11.0 Å². The van der Waals surface area contributed by atoms with Gasteiger partial charge in [0.15, 0.2) is 5.60 Å². The zero-order valence-electron chi connectivity index (χ0n) is 11.1. The lowest BCUT2D eigenvalue weighted by molar-refractivity contribution is -0.274. The van der Waals surface area contributed by atoms with Crippen LogP contribution in [0.5, 0.6) is 5.75 Å². The van der Waals surface area contributed by atoms with Gasteiger partial charge in [0.1, 0.15) is 5.75 Å². The minimum atomic E-state index is -4.93. The van der Waals surface area contributed by atoms with Crippen LogP contribution in [-0.2, 0) is 4.79 Å². The Morgan fingerprint density at radius 2 is 1.95 bits per heavy atom. The molecule has 0 radical (unpaired) electrons. The van der Waals surface area contributed by atoms with Gasteiger partial charge in [-0.3, -0.25) is 4.79 Å². The molecule has 0 aliphatic carbocycles. The molecule has 0 aliphatic heterocycles. The molecule has 1 aromatic carbocycles. The molecule has 1 atom stereocenters. The molecule has 6 nitrogen and oxygen atoms in total. The minimum absolute atomic E-state index is 0.0149. The standard InChI is InChI=1S/C12H11BrF3NO5/c1-11(21,10(19)20)5-17-9(18)6-2-3-7(13)8(4-6)22-12(14,15)16/h2-4,21H,5H2,1H3,(H,17,18)(H,19,20). The topological polar surface area (TPSA) is 95.9 Å². The number of nitrogens with one attached hydrogen (secondary N) is 1. The highest BCUT2D eigenvalue weighted by molar-refractivity contribution is 9.10. The van der Waals surface area contributed by atoms with E-state index in [1.54, 1.807) is 0 Å². The van der Waals surface area contributed by atoms with E-state index >= 15 is 0 Å². The molecule has 0 saturated heterocycles. The first-order valence-electron chi connectivity index (χ1n) is 5.71. The first-order valence-corrected chi connectivity index (χ1v) is 6.51. The van der Waals surface area contributed by atoms with Crippen molar-refractivity contribution in [3.8, 4) is 5.75 Å². The third kappa shape index (κ3) is 5.19. The van der Waals surface area contributed by atoms with Gasteiger partial charge in [-0.25, -0.2) is 4.79 Å². The second-order valence-corrected chi connectivity index (χ2v) is 5.31. The monoisotopic (exact) mass is 385 g/mol. The van der Waals surface area contributed by atoms with Crippen LogP contribution in [0.4, 0.5) is 13.2 Å². The average molecular weight is 386 g/mol. The first kappa shape index (κ1) is 18.2. The van der Waals surface area contributed by atoms with Crippen LogP contribution in [-0.4, -0.2) is 40.6 Å². The van der Waals surface area contributed by atoms with Gasteiger partial charge in [-0.2, -0.15) is 0 Å². The normalized spacial score (nSPS) is 14.1. The van der Waals surface area contributed by atoms with Crippen LogP contribution in [0.2, 0.25) is 0 Å². The molecule has 22 heavy (non-hydrogen) atoms. The number of aliphatic carboxylic acids is 1. The number of carbonyl (C=O) groups excluding carboxylic acids is 1. The predicted molar refractivity (Wildman–Crippen MR) is 71.4 cm³/mol. The van der Waals surface area contributed by atoms with Crippen molar-refractivity contribution < 1.29 is 37.7 Å². The summed E-state index contributed by atoms with van der Waals surface area (Å²) in [5.41, 5.74) is -2.39. The Morgan fingerprint density at radius 3 is 2.45 bits per heavy atom. The maximum Gasteiger partial charge on any atom is 0.573 e. The van der Waals surface area contributed by atoms with E-state index in [0.717, 1.165) is 13.0 Å². The number of benzene rings is 1. The molecular formula is C12H11BrF3NO5. The fourth-order valence-corrected chi connectivity index (χ4v) is 1.61. The van der Waals surface area contributed by atoms with E-state index in [-0.39, 0.29) is 10.0 Å². The van der Waals surface area contributed by atoms with E-state index in [9.17, 15) is 27.9 Å². The first-order chi connectivity index (χ1) is 9.92. The lowest BCUT2D eigenvalue weighted by atomic mass is 10.1. The molecule has 0 spiro atoms. The summed E-state index contributed by atoms with van der Waals surface area (Å²) < 4.78 is 40.3. The molecule has 3 N–H and O–H groups in total. The van der Waals surface area contributed by atoms with Crippen LogP contribution in [0.15, 0.2) is 22.7 Å². The van der Waals surface area contributed by atoms with Gasteiger partial charge < -0.3 is 20.3 Å². The molecular weight excluding hydrogens is 375 g/mol. The smallest absolute Gasteiger partial charge is 0.479 e. The van der Waals surface area contributed by atoms with Gasteiger partial charge in [-0.1, -0.05) is 0 Å². The summed E-state index contributed by atoms with van der Waals surface area (Å²) in [6.07, 6.45) is -4.93. The van der Waals surface area contributed by atoms with Crippen LogP contribution in [0.1, 0.15) is 17.3 Å². The van der Waals surface area contributed by atoms with Gasteiger partial charge in [-0.05, 0) is 41.1 Å². The highest BCUT2D eigenvalue weighted by Crippen LogP contribution is 2.31. The zero-order chi connectivity index (χ0) is 17.1. The van der Waals surface area contributed by atoms with E-state index < -0.39 is 36.1 Å². The number of ether oxygens (including phenoxy) is 1. The van der Waals surface area contributed by atoms with Crippen LogP contribution in [0.25, 0.3) is 0 Å². The molecule has 10 heteroatoms. The Hall–Kier alpha value is -1.81. The van der Waals surface area contributed by atoms with Gasteiger partial charge in [0.2, 0.25) is 0 Å². The number of aliphatic hydroxyl groups is 1. The van der Waals surface area contributed by atoms with Gasteiger partial charge >= 0.3 is 12.3 Å². The predicted octanol–water partition coefficient (Wildman–Crippen LogP) is 1.91. The van der Waals surface area contributed by atoms with Crippen molar-refractivity contribution in [2.45, 2.75) is 18.9 Å². The number of carbonyl (C=O) groups is 2. The molecule has 1 aromatic rings. The molecule has 0 bridgehead atoms. The number of carboxylic acid groups (broad SMARTS) is 1. The quantitative estimate of drug-likeness (QED) is 0.719. The zero-order valence-corrected chi connectivity index (χ0v) is 12.7. The van der Waals surface area contributed by atoms with Crippen LogP contribution >= 0.6 is 15.9 Å². The molecule has 0 aromatic heterocycles. The second kappa shape index (κ2) is 6.53. The summed E-state index contributed by atoms with van der Waals surface area (Å²) in [7, 11) is 0. The van der Waals surface area contributed by atoms with E-state index in [1.165, 1.54) is 12.1 Å². The largest absolute Gasteiger partial charge is 0.573 e. The highest BCUT2D eigenvalue weighted by Gasteiger charge is 2.33. The average Bonchev–Trinajstić information content (AvgIpc) is 2.37. The van der Waals surface area contributed by atoms with Crippen molar-refractivity contribution in [2.24, 2.45) is 0 Å². The number of hydrogen-bond acceptors (Lipinski definition) is 4. The van der Waals surface area contributed by atoms with Crippen molar-refractivity contribution in [3.63, 3.8) is 0 Å². The lowest BCUT2D eigenvalue weighted by Gasteiger charge is -2.18. The third-order valence-corrected chi connectivity index (χ3v) is 3.13. The van der Waals surface area contributed by atoms with E-state index in [0.29, 0.717) is 0 Å². The van der Waals surface area contributed by atoms with Crippen molar-refractivity contribution >= 4 is 27.8 Å². The number of carboxylic acids is 1. The second-order valence-electron chi connectivity index (χ2n) is 4.45. The van der Waals surface area contributed by atoms with E-state index in [1.807, 2.05) is 0 Å². The van der Waals surface area contributed by atoms with Crippen molar-refractivity contribution in [1.29, 1.82) is 0 Å². The van der Waals surface area contributed by atoms with Gasteiger partial charge in [0.25, 0.3) is 5.91 Å². The molecule has 0 saturated carbocycles. The third-order valence-electron chi connectivity index (χ3n) is 2.47. The molecule has 1 unspecified atom stereocenters. The number of amides is 1. The fourth-order valence-electron chi connectivity index (χ4n) is 1.28. The Kier molecular flexibility index (Phi) is 5.41.